The van der Waals surface area contributed by atoms with Crippen LogP contribution < -0.4 is 0 Å². The third-order valence-electron chi connectivity index (χ3n) is 2.86. The summed E-state index contributed by atoms with van der Waals surface area (Å²) in [4.78, 5) is 7.59. The Morgan fingerprint density at radius 2 is 2.27 bits per heavy atom. The molecule has 1 atom stereocenters. The van der Waals surface area contributed by atoms with Crippen LogP contribution in [-0.4, -0.2) is 27.8 Å². The maximum absolute atomic E-state index is 4.37. The molecule has 0 spiro atoms. The van der Waals surface area contributed by atoms with Crippen molar-refractivity contribution in [3.63, 3.8) is 0 Å². The van der Waals surface area contributed by atoms with Gasteiger partial charge in [0.1, 0.15) is 0 Å². The summed E-state index contributed by atoms with van der Waals surface area (Å²) < 4.78 is 0. The first kappa shape index (κ1) is 11.1. The van der Waals surface area contributed by atoms with Gasteiger partial charge in [0.2, 0.25) is 0 Å². The van der Waals surface area contributed by atoms with E-state index in [0.717, 1.165) is 6.54 Å². The second-order valence-corrected chi connectivity index (χ2v) is 5.42. The van der Waals surface area contributed by atoms with Gasteiger partial charge in [-0.3, -0.25) is 9.88 Å². The lowest BCUT2D eigenvalue weighted by molar-refractivity contribution is 0.274. The van der Waals surface area contributed by atoms with E-state index in [1.165, 1.54) is 38.0 Å². The molecule has 0 saturated carbocycles. The van der Waals surface area contributed by atoms with Gasteiger partial charge in [0.05, 0.1) is 5.69 Å². The Balaban J connectivity index is 1.89. The number of likely N-dealkylation sites (tertiary alicyclic amines) is 1. The number of pyridine rings is 1. The number of nitrogens with zero attached hydrogens (tertiary/aromatic N) is 2. The zero-order valence-corrected chi connectivity index (χ0v) is 10.5. The Bertz CT molecular complexity index is 289. The maximum atomic E-state index is 4.37. The zero-order chi connectivity index (χ0) is 10.5. The first-order valence-electron chi connectivity index (χ1n) is 5.61. The monoisotopic (exact) mass is 268 g/mol. The molecule has 0 aromatic carbocycles. The van der Waals surface area contributed by atoms with Crippen molar-refractivity contribution in [3.05, 3.63) is 30.1 Å². The molecule has 15 heavy (non-hydrogen) atoms. The molecule has 2 heterocycles. The molecule has 82 valence electrons. The summed E-state index contributed by atoms with van der Waals surface area (Å²) in [7, 11) is 0. The molecule has 1 aliphatic rings. The van der Waals surface area contributed by atoms with Crippen molar-refractivity contribution in [2.75, 3.05) is 13.1 Å². The minimum Gasteiger partial charge on any atom is -0.297 e. The summed E-state index contributed by atoms with van der Waals surface area (Å²) in [6.07, 6.45) is 5.73. The quantitative estimate of drug-likeness (QED) is 0.767. The number of alkyl halides is 1. The minimum absolute atomic E-state index is 0.714. The molecule has 1 aromatic rings. The van der Waals surface area contributed by atoms with E-state index < -0.39 is 0 Å². The summed E-state index contributed by atoms with van der Waals surface area (Å²) in [5.41, 5.74) is 1.19. The highest BCUT2D eigenvalue weighted by Crippen LogP contribution is 2.18. The topological polar surface area (TPSA) is 16.1 Å². The molecule has 3 heteroatoms. The Labute approximate surface area is 99.8 Å². The van der Waals surface area contributed by atoms with Crippen molar-refractivity contribution in [2.45, 2.75) is 30.6 Å². The van der Waals surface area contributed by atoms with Gasteiger partial charge in [0.15, 0.2) is 0 Å². The van der Waals surface area contributed by atoms with Crippen molar-refractivity contribution in [2.24, 2.45) is 0 Å². The Hall–Kier alpha value is -0.410. The molecule has 0 amide bonds. The molecule has 0 aliphatic carbocycles. The van der Waals surface area contributed by atoms with Gasteiger partial charge in [-0.15, -0.1) is 0 Å². The molecular weight excluding hydrogens is 252 g/mol. The lowest BCUT2D eigenvalue weighted by atomic mass is 10.2. The molecule has 1 aliphatic heterocycles. The Morgan fingerprint density at radius 1 is 1.33 bits per heavy atom. The van der Waals surface area contributed by atoms with Crippen LogP contribution in [0.1, 0.15) is 25.0 Å². The van der Waals surface area contributed by atoms with E-state index >= 15 is 0 Å². The van der Waals surface area contributed by atoms with Gasteiger partial charge >= 0.3 is 0 Å². The summed E-state index contributed by atoms with van der Waals surface area (Å²) in [6.45, 7) is 3.39. The highest BCUT2D eigenvalue weighted by Gasteiger charge is 2.14. The molecule has 1 unspecified atom stereocenters. The Kier molecular flexibility index (Phi) is 4.15. The van der Waals surface area contributed by atoms with Crippen molar-refractivity contribution >= 4 is 15.9 Å². The van der Waals surface area contributed by atoms with Crippen molar-refractivity contribution in [1.29, 1.82) is 0 Å². The van der Waals surface area contributed by atoms with Crippen LogP contribution in [0.5, 0.6) is 0 Å². The minimum atomic E-state index is 0.714. The lowest BCUT2D eigenvalue weighted by Gasteiger charge is -2.18. The summed E-state index contributed by atoms with van der Waals surface area (Å²) >= 11 is 3.71. The fourth-order valence-electron chi connectivity index (χ4n) is 1.99. The smallest absolute Gasteiger partial charge is 0.0543 e. The standard InChI is InChI=1S/C12H17BrN2/c13-11-4-3-8-15(9-6-11)10-12-5-1-2-7-14-12/h1-2,5,7,11H,3-4,6,8-10H2. The fourth-order valence-corrected chi connectivity index (χ4v) is 2.52. The summed E-state index contributed by atoms with van der Waals surface area (Å²) in [5.74, 6) is 0. The van der Waals surface area contributed by atoms with Gasteiger partial charge in [-0.1, -0.05) is 22.0 Å². The number of hydrogen-bond acceptors (Lipinski definition) is 2. The fraction of sp³-hybridized carbons (Fsp3) is 0.583. The average Bonchev–Trinajstić information content (AvgIpc) is 2.46. The third kappa shape index (κ3) is 3.58. The molecule has 1 aromatic heterocycles. The first-order valence-corrected chi connectivity index (χ1v) is 6.52. The van der Waals surface area contributed by atoms with Crippen molar-refractivity contribution < 1.29 is 0 Å². The van der Waals surface area contributed by atoms with Crippen LogP contribution in [0.4, 0.5) is 0 Å². The molecule has 0 radical (unpaired) electrons. The molecule has 0 N–H and O–H groups in total. The van der Waals surface area contributed by atoms with Crippen molar-refractivity contribution in [3.8, 4) is 0 Å². The highest BCUT2D eigenvalue weighted by molar-refractivity contribution is 9.09. The first-order chi connectivity index (χ1) is 7.34. The van der Waals surface area contributed by atoms with Crippen molar-refractivity contribution in [1.82, 2.24) is 9.88 Å². The van der Waals surface area contributed by atoms with Crippen LogP contribution >= 0.6 is 15.9 Å². The molecule has 0 bridgehead atoms. The molecule has 1 saturated heterocycles. The van der Waals surface area contributed by atoms with E-state index in [-0.39, 0.29) is 0 Å². The molecular formula is C12H17BrN2. The SMILES string of the molecule is BrC1CCCN(Cc2ccccn2)CC1. The van der Waals surface area contributed by atoms with E-state index in [1.807, 2.05) is 12.3 Å². The number of hydrogen-bond donors (Lipinski definition) is 0. The van der Waals surface area contributed by atoms with Crippen LogP contribution in [0.15, 0.2) is 24.4 Å². The van der Waals surface area contributed by atoms with E-state index in [9.17, 15) is 0 Å². The lowest BCUT2D eigenvalue weighted by Crippen LogP contribution is -2.24. The molecule has 2 rings (SSSR count). The number of halogens is 1. The van der Waals surface area contributed by atoms with Crippen LogP contribution in [0.3, 0.4) is 0 Å². The second-order valence-electron chi connectivity index (χ2n) is 4.13. The second kappa shape index (κ2) is 5.61. The van der Waals surface area contributed by atoms with Gasteiger partial charge in [0.25, 0.3) is 0 Å². The molecule has 2 nitrogen and oxygen atoms in total. The number of aromatic nitrogens is 1. The average molecular weight is 269 g/mol. The van der Waals surface area contributed by atoms with Crippen LogP contribution in [0.25, 0.3) is 0 Å². The van der Waals surface area contributed by atoms with E-state index in [2.05, 4.69) is 37.9 Å². The van der Waals surface area contributed by atoms with Gasteiger partial charge < -0.3 is 0 Å². The van der Waals surface area contributed by atoms with Crippen LogP contribution in [0, 0.1) is 0 Å². The predicted molar refractivity (Wildman–Crippen MR) is 66.1 cm³/mol. The zero-order valence-electron chi connectivity index (χ0n) is 8.90. The van der Waals surface area contributed by atoms with E-state index in [0.29, 0.717) is 4.83 Å². The number of rotatable bonds is 2. The summed E-state index contributed by atoms with van der Waals surface area (Å²) in [6, 6.07) is 6.14. The molecule has 1 fully saturated rings. The van der Waals surface area contributed by atoms with E-state index in [1.54, 1.807) is 0 Å². The van der Waals surface area contributed by atoms with Gasteiger partial charge in [0, 0.05) is 17.6 Å². The van der Waals surface area contributed by atoms with Crippen LogP contribution in [-0.2, 0) is 6.54 Å². The predicted octanol–water partition coefficient (Wildman–Crippen LogP) is 2.83. The van der Waals surface area contributed by atoms with Gasteiger partial charge in [-0.2, -0.15) is 0 Å². The normalized spacial score (nSPS) is 23.7. The third-order valence-corrected chi connectivity index (χ3v) is 3.78. The highest BCUT2D eigenvalue weighted by atomic mass is 79.9. The van der Waals surface area contributed by atoms with Gasteiger partial charge in [-0.25, -0.2) is 0 Å². The van der Waals surface area contributed by atoms with Gasteiger partial charge in [-0.05, 0) is 44.5 Å². The summed E-state index contributed by atoms with van der Waals surface area (Å²) in [5, 5.41) is 0. The maximum Gasteiger partial charge on any atom is 0.0543 e. The van der Waals surface area contributed by atoms with Crippen LogP contribution in [0.2, 0.25) is 0 Å². The largest absolute Gasteiger partial charge is 0.297 e. The Morgan fingerprint density at radius 3 is 3.07 bits per heavy atom. The van der Waals surface area contributed by atoms with E-state index in [4.69, 9.17) is 0 Å².